The lowest BCUT2D eigenvalue weighted by Gasteiger charge is -2.35. The van der Waals surface area contributed by atoms with Crippen molar-refractivity contribution < 1.29 is 4.79 Å². The molecule has 1 fully saturated rings. The summed E-state index contributed by atoms with van der Waals surface area (Å²) in [7, 11) is 6.02. The summed E-state index contributed by atoms with van der Waals surface area (Å²) in [6.07, 6.45) is 1.78. The molecular formula is C14H25N5O. The average Bonchev–Trinajstić information content (AvgIpc) is 2.75. The normalized spacial score (nSPS) is 16.9. The topological polar surface area (TPSA) is 57.7 Å². The molecule has 1 saturated heterocycles. The molecule has 1 amide bonds. The molecule has 0 spiro atoms. The van der Waals surface area contributed by atoms with E-state index in [0.717, 1.165) is 39.3 Å². The highest BCUT2D eigenvalue weighted by molar-refractivity contribution is 5.93. The molecule has 2 heterocycles. The number of hydrogen-bond acceptors (Lipinski definition) is 4. The van der Waals surface area contributed by atoms with Crippen LogP contribution in [0.1, 0.15) is 10.5 Å². The summed E-state index contributed by atoms with van der Waals surface area (Å²) in [6, 6.07) is 1.75. The van der Waals surface area contributed by atoms with Crippen LogP contribution >= 0.6 is 0 Å². The molecule has 0 aliphatic carbocycles. The standard InChI is InChI=1S/C14H25N5O/c1-16(2)4-5-18-6-8-19(9-7-18)14(20)13-10-12(15)11-17(13)3/h10-11H,4-9,15H2,1-3H3. The third-order valence-corrected chi connectivity index (χ3v) is 3.77. The van der Waals surface area contributed by atoms with E-state index in [1.807, 2.05) is 11.9 Å². The van der Waals surface area contributed by atoms with Gasteiger partial charge in [0.05, 0.1) is 5.69 Å². The summed E-state index contributed by atoms with van der Waals surface area (Å²) in [5, 5.41) is 0. The molecule has 0 saturated carbocycles. The van der Waals surface area contributed by atoms with E-state index < -0.39 is 0 Å². The number of nitrogens with two attached hydrogens (primary N) is 1. The monoisotopic (exact) mass is 279 g/mol. The van der Waals surface area contributed by atoms with E-state index in [1.54, 1.807) is 16.8 Å². The SMILES string of the molecule is CN(C)CCN1CCN(C(=O)c2cc(N)cn2C)CC1. The summed E-state index contributed by atoms with van der Waals surface area (Å²) in [6.45, 7) is 5.59. The van der Waals surface area contributed by atoms with Gasteiger partial charge in [0.25, 0.3) is 5.91 Å². The number of rotatable bonds is 4. The minimum absolute atomic E-state index is 0.0801. The molecule has 6 heteroatoms. The first-order chi connectivity index (χ1) is 9.47. The first kappa shape index (κ1) is 14.9. The predicted octanol–water partition coefficient (Wildman–Crippen LogP) is -0.0733. The largest absolute Gasteiger partial charge is 0.397 e. The van der Waals surface area contributed by atoms with Crippen LogP contribution in [0.4, 0.5) is 5.69 Å². The fourth-order valence-electron chi connectivity index (χ4n) is 2.48. The number of nitrogen functional groups attached to an aromatic ring is 1. The molecule has 0 unspecified atom stereocenters. The van der Waals surface area contributed by atoms with Gasteiger partial charge < -0.3 is 20.1 Å². The van der Waals surface area contributed by atoms with Gasteiger partial charge in [-0.1, -0.05) is 0 Å². The second kappa shape index (κ2) is 6.28. The number of aryl methyl sites for hydroxylation is 1. The Balaban J connectivity index is 1.87. The lowest BCUT2D eigenvalue weighted by Crippen LogP contribution is -2.50. The van der Waals surface area contributed by atoms with Gasteiger partial charge in [-0.15, -0.1) is 0 Å². The fourth-order valence-corrected chi connectivity index (χ4v) is 2.48. The van der Waals surface area contributed by atoms with Crippen LogP contribution in [0, 0.1) is 0 Å². The van der Waals surface area contributed by atoms with Crippen LogP contribution in [0.15, 0.2) is 12.3 Å². The van der Waals surface area contributed by atoms with Crippen LogP contribution in [0.3, 0.4) is 0 Å². The Morgan fingerprint density at radius 2 is 1.95 bits per heavy atom. The number of anilines is 1. The van der Waals surface area contributed by atoms with Crippen molar-refractivity contribution in [3.63, 3.8) is 0 Å². The second-order valence-corrected chi connectivity index (χ2v) is 5.71. The lowest BCUT2D eigenvalue weighted by molar-refractivity contribution is 0.0620. The van der Waals surface area contributed by atoms with Crippen LogP contribution in [-0.2, 0) is 7.05 Å². The Morgan fingerprint density at radius 1 is 1.30 bits per heavy atom. The van der Waals surface area contributed by atoms with Crippen molar-refractivity contribution in [2.45, 2.75) is 0 Å². The van der Waals surface area contributed by atoms with Crippen molar-refractivity contribution in [3.05, 3.63) is 18.0 Å². The molecule has 0 aromatic carbocycles. The first-order valence-corrected chi connectivity index (χ1v) is 7.05. The number of carbonyl (C=O) groups is 1. The van der Waals surface area contributed by atoms with Gasteiger partial charge in [0.1, 0.15) is 5.69 Å². The minimum Gasteiger partial charge on any atom is -0.397 e. The molecule has 1 aromatic rings. The maximum absolute atomic E-state index is 12.4. The van der Waals surface area contributed by atoms with E-state index in [0.29, 0.717) is 11.4 Å². The number of amides is 1. The van der Waals surface area contributed by atoms with E-state index >= 15 is 0 Å². The van der Waals surface area contributed by atoms with Crippen LogP contribution < -0.4 is 5.73 Å². The van der Waals surface area contributed by atoms with Crippen LogP contribution in [0.25, 0.3) is 0 Å². The van der Waals surface area contributed by atoms with Gasteiger partial charge in [-0.05, 0) is 20.2 Å². The Morgan fingerprint density at radius 3 is 2.45 bits per heavy atom. The third-order valence-electron chi connectivity index (χ3n) is 3.77. The number of aromatic nitrogens is 1. The Hall–Kier alpha value is -1.53. The zero-order chi connectivity index (χ0) is 14.7. The fraction of sp³-hybridized carbons (Fsp3) is 0.643. The highest BCUT2D eigenvalue weighted by atomic mass is 16.2. The number of carbonyl (C=O) groups excluding carboxylic acids is 1. The molecule has 0 bridgehead atoms. The van der Waals surface area contributed by atoms with Crippen molar-refractivity contribution in [1.82, 2.24) is 19.3 Å². The van der Waals surface area contributed by atoms with Gasteiger partial charge in [-0.25, -0.2) is 0 Å². The van der Waals surface area contributed by atoms with Crippen LogP contribution in [0.2, 0.25) is 0 Å². The number of piperazine rings is 1. The molecule has 1 aliphatic rings. The molecule has 0 atom stereocenters. The van der Waals surface area contributed by atoms with E-state index in [-0.39, 0.29) is 5.91 Å². The molecule has 0 radical (unpaired) electrons. The zero-order valence-electron chi connectivity index (χ0n) is 12.7. The molecule has 2 N–H and O–H groups in total. The van der Waals surface area contributed by atoms with Crippen molar-refractivity contribution in [2.24, 2.45) is 7.05 Å². The number of nitrogens with zero attached hydrogens (tertiary/aromatic N) is 4. The lowest BCUT2D eigenvalue weighted by atomic mass is 10.2. The maximum atomic E-state index is 12.4. The number of likely N-dealkylation sites (N-methyl/N-ethyl adjacent to an activating group) is 1. The van der Waals surface area contributed by atoms with Crippen molar-refractivity contribution >= 4 is 11.6 Å². The highest BCUT2D eigenvalue weighted by Gasteiger charge is 2.23. The zero-order valence-corrected chi connectivity index (χ0v) is 12.7. The predicted molar refractivity (Wildman–Crippen MR) is 80.7 cm³/mol. The van der Waals surface area contributed by atoms with E-state index in [2.05, 4.69) is 23.9 Å². The van der Waals surface area contributed by atoms with Gasteiger partial charge in [0, 0.05) is 52.5 Å². The summed E-state index contributed by atoms with van der Waals surface area (Å²) in [4.78, 5) is 18.9. The van der Waals surface area contributed by atoms with Crippen molar-refractivity contribution in [1.29, 1.82) is 0 Å². The summed E-state index contributed by atoms with van der Waals surface area (Å²) < 4.78 is 1.80. The average molecular weight is 279 g/mol. The molecule has 6 nitrogen and oxygen atoms in total. The van der Waals surface area contributed by atoms with Gasteiger partial charge in [0.15, 0.2) is 0 Å². The quantitative estimate of drug-likeness (QED) is 0.838. The summed E-state index contributed by atoms with van der Waals surface area (Å²) in [5.41, 5.74) is 7.04. The second-order valence-electron chi connectivity index (χ2n) is 5.71. The summed E-state index contributed by atoms with van der Waals surface area (Å²) in [5.74, 6) is 0.0801. The third kappa shape index (κ3) is 3.52. The molecule has 2 rings (SSSR count). The van der Waals surface area contributed by atoms with Gasteiger partial charge in [-0.2, -0.15) is 0 Å². The van der Waals surface area contributed by atoms with Crippen LogP contribution in [-0.4, -0.2) is 78.5 Å². The van der Waals surface area contributed by atoms with E-state index in [1.165, 1.54) is 0 Å². The smallest absolute Gasteiger partial charge is 0.270 e. The highest BCUT2D eigenvalue weighted by Crippen LogP contribution is 2.13. The van der Waals surface area contributed by atoms with Gasteiger partial charge >= 0.3 is 0 Å². The number of hydrogen-bond donors (Lipinski definition) is 1. The first-order valence-electron chi connectivity index (χ1n) is 7.05. The van der Waals surface area contributed by atoms with E-state index in [4.69, 9.17) is 5.73 Å². The molecule has 1 aromatic heterocycles. The Kier molecular flexibility index (Phi) is 4.67. The maximum Gasteiger partial charge on any atom is 0.270 e. The van der Waals surface area contributed by atoms with E-state index in [9.17, 15) is 4.79 Å². The molecular weight excluding hydrogens is 254 g/mol. The van der Waals surface area contributed by atoms with Gasteiger partial charge in [-0.3, -0.25) is 9.69 Å². The molecule has 112 valence electrons. The molecule has 1 aliphatic heterocycles. The Labute approximate surface area is 120 Å². The van der Waals surface area contributed by atoms with Crippen molar-refractivity contribution in [3.8, 4) is 0 Å². The summed E-state index contributed by atoms with van der Waals surface area (Å²) >= 11 is 0. The van der Waals surface area contributed by atoms with Gasteiger partial charge in [0.2, 0.25) is 0 Å². The van der Waals surface area contributed by atoms with Crippen molar-refractivity contribution in [2.75, 3.05) is 59.1 Å². The Bertz CT molecular complexity index is 460. The molecule has 20 heavy (non-hydrogen) atoms. The van der Waals surface area contributed by atoms with Crippen LogP contribution in [0.5, 0.6) is 0 Å². The minimum atomic E-state index is 0.0801.